The molecule has 2 heterocycles. The number of piperazine rings is 1. The fraction of sp³-hybridized carbons (Fsp3) is 0.208. The van der Waals surface area contributed by atoms with Gasteiger partial charge in [0.05, 0.1) is 23.2 Å². The van der Waals surface area contributed by atoms with E-state index in [0.29, 0.717) is 53.6 Å². The third-order valence-electron chi connectivity index (χ3n) is 5.32. The molecule has 32 heavy (non-hydrogen) atoms. The van der Waals surface area contributed by atoms with E-state index in [0.717, 1.165) is 0 Å². The fourth-order valence-electron chi connectivity index (χ4n) is 3.59. The largest absolute Gasteiger partial charge is 0.497 e. The van der Waals surface area contributed by atoms with Gasteiger partial charge in [-0.25, -0.2) is 0 Å². The van der Waals surface area contributed by atoms with Crippen LogP contribution in [0.1, 0.15) is 30.4 Å². The first-order chi connectivity index (χ1) is 15.6. The van der Waals surface area contributed by atoms with E-state index in [1.54, 1.807) is 71.5 Å². The van der Waals surface area contributed by atoms with Crippen molar-refractivity contribution in [3.63, 3.8) is 0 Å². The number of ether oxygens (including phenoxy) is 1. The molecule has 0 unspecified atom stereocenters. The molecule has 1 fully saturated rings. The van der Waals surface area contributed by atoms with E-state index in [-0.39, 0.29) is 17.7 Å². The van der Waals surface area contributed by atoms with Crippen molar-refractivity contribution in [1.82, 2.24) is 9.80 Å². The van der Waals surface area contributed by atoms with Crippen LogP contribution >= 0.6 is 11.3 Å². The Kier molecular flexibility index (Phi) is 6.51. The minimum Gasteiger partial charge on any atom is -0.497 e. The third kappa shape index (κ3) is 4.65. The summed E-state index contributed by atoms with van der Waals surface area (Å²) in [6, 6.07) is 17.6. The number of thiophene rings is 1. The molecule has 0 radical (unpaired) electrons. The van der Waals surface area contributed by atoms with Gasteiger partial charge in [-0.1, -0.05) is 24.3 Å². The number of hydrogen-bond acceptors (Lipinski definition) is 5. The maximum Gasteiger partial charge on any atom is 0.265 e. The number of nitrogens with zero attached hydrogens (tertiary/aromatic N) is 2. The number of anilines is 1. The smallest absolute Gasteiger partial charge is 0.265 e. The van der Waals surface area contributed by atoms with Gasteiger partial charge in [-0.05, 0) is 41.8 Å². The summed E-state index contributed by atoms with van der Waals surface area (Å²) in [5.41, 5.74) is 1.47. The summed E-state index contributed by atoms with van der Waals surface area (Å²) in [6.45, 7) is 1.71. The summed E-state index contributed by atoms with van der Waals surface area (Å²) >= 11 is 1.34. The van der Waals surface area contributed by atoms with Gasteiger partial charge in [0, 0.05) is 31.7 Å². The molecule has 0 spiro atoms. The number of methoxy groups -OCH3 is 1. The Bertz CT molecular complexity index is 1120. The molecule has 0 bridgehead atoms. The molecule has 0 saturated carbocycles. The first-order valence-electron chi connectivity index (χ1n) is 10.2. The van der Waals surface area contributed by atoms with Crippen LogP contribution in [-0.2, 0) is 0 Å². The first kappa shape index (κ1) is 21.6. The van der Waals surface area contributed by atoms with E-state index in [4.69, 9.17) is 4.74 Å². The molecule has 0 atom stereocenters. The molecule has 1 aliphatic rings. The number of carbonyl (C=O) groups is 3. The van der Waals surface area contributed by atoms with Crippen LogP contribution in [0, 0.1) is 0 Å². The van der Waals surface area contributed by atoms with Crippen molar-refractivity contribution in [1.29, 1.82) is 0 Å². The molecule has 3 aromatic rings. The summed E-state index contributed by atoms with van der Waals surface area (Å²) in [7, 11) is 1.56. The molecular weight excluding hydrogens is 426 g/mol. The first-order valence-corrected chi connectivity index (χ1v) is 11.1. The van der Waals surface area contributed by atoms with Crippen molar-refractivity contribution < 1.29 is 19.1 Å². The number of nitrogens with one attached hydrogen (secondary N) is 1. The van der Waals surface area contributed by atoms with Crippen LogP contribution in [-0.4, -0.2) is 60.8 Å². The van der Waals surface area contributed by atoms with Gasteiger partial charge in [0.2, 0.25) is 0 Å². The van der Waals surface area contributed by atoms with Crippen LogP contribution in [0.15, 0.2) is 66.0 Å². The van der Waals surface area contributed by atoms with Gasteiger partial charge in [0.15, 0.2) is 0 Å². The number of para-hydroxylation sites is 1. The van der Waals surface area contributed by atoms with Crippen molar-refractivity contribution in [2.45, 2.75) is 0 Å². The number of amides is 3. The average Bonchev–Trinajstić information content (AvgIpc) is 3.39. The Hall–Kier alpha value is -3.65. The lowest BCUT2D eigenvalue weighted by atomic mass is 10.1. The van der Waals surface area contributed by atoms with Gasteiger partial charge in [0.1, 0.15) is 5.75 Å². The Labute approximate surface area is 190 Å². The highest BCUT2D eigenvalue weighted by atomic mass is 32.1. The normalized spacial score (nSPS) is 13.5. The van der Waals surface area contributed by atoms with Crippen LogP contribution in [0.4, 0.5) is 5.69 Å². The van der Waals surface area contributed by atoms with Crippen molar-refractivity contribution in [3.05, 3.63) is 82.0 Å². The molecule has 164 valence electrons. The molecule has 1 saturated heterocycles. The second-order valence-electron chi connectivity index (χ2n) is 7.29. The zero-order valence-electron chi connectivity index (χ0n) is 17.6. The van der Waals surface area contributed by atoms with Crippen molar-refractivity contribution in [2.24, 2.45) is 0 Å². The molecule has 0 aliphatic carbocycles. The van der Waals surface area contributed by atoms with Crippen LogP contribution in [0.2, 0.25) is 0 Å². The monoisotopic (exact) mass is 449 g/mol. The highest BCUT2D eigenvalue weighted by Gasteiger charge is 2.27. The molecule has 7 nitrogen and oxygen atoms in total. The lowest BCUT2D eigenvalue weighted by molar-refractivity contribution is 0.0536. The van der Waals surface area contributed by atoms with Crippen molar-refractivity contribution in [2.75, 3.05) is 38.6 Å². The van der Waals surface area contributed by atoms with Crippen LogP contribution in [0.5, 0.6) is 5.75 Å². The van der Waals surface area contributed by atoms with Crippen molar-refractivity contribution in [3.8, 4) is 5.75 Å². The predicted molar refractivity (Wildman–Crippen MR) is 124 cm³/mol. The quantitative estimate of drug-likeness (QED) is 0.646. The van der Waals surface area contributed by atoms with Gasteiger partial charge in [-0.2, -0.15) is 0 Å². The van der Waals surface area contributed by atoms with Crippen LogP contribution < -0.4 is 10.1 Å². The van der Waals surface area contributed by atoms with E-state index >= 15 is 0 Å². The molecule has 1 aromatic heterocycles. The predicted octanol–water partition coefficient (Wildman–Crippen LogP) is 3.61. The maximum atomic E-state index is 13.2. The fourth-order valence-corrected chi connectivity index (χ4v) is 4.21. The molecule has 1 aliphatic heterocycles. The topological polar surface area (TPSA) is 79.0 Å². The van der Waals surface area contributed by atoms with Gasteiger partial charge in [-0.3, -0.25) is 14.4 Å². The lowest BCUT2D eigenvalue weighted by Crippen LogP contribution is -2.50. The second kappa shape index (κ2) is 9.65. The number of benzene rings is 2. The molecule has 2 aromatic carbocycles. The Morgan fingerprint density at radius 1 is 0.875 bits per heavy atom. The van der Waals surface area contributed by atoms with Gasteiger partial charge in [-0.15, -0.1) is 11.3 Å². The highest BCUT2D eigenvalue weighted by Crippen LogP contribution is 2.21. The number of carbonyl (C=O) groups excluding carboxylic acids is 3. The SMILES string of the molecule is COc1cccc(C(=O)N2CCN(C(=O)c3ccccc3NC(=O)c3cccs3)CC2)c1. The summed E-state index contributed by atoms with van der Waals surface area (Å²) in [5.74, 6) is 0.139. The minimum absolute atomic E-state index is 0.0837. The van der Waals surface area contributed by atoms with Gasteiger partial charge in [0.25, 0.3) is 17.7 Å². The van der Waals surface area contributed by atoms with Crippen LogP contribution in [0.25, 0.3) is 0 Å². The molecule has 4 rings (SSSR count). The third-order valence-corrected chi connectivity index (χ3v) is 6.19. The van der Waals surface area contributed by atoms with E-state index in [1.165, 1.54) is 11.3 Å². The Morgan fingerprint density at radius 3 is 2.28 bits per heavy atom. The molecule has 1 N–H and O–H groups in total. The lowest BCUT2D eigenvalue weighted by Gasteiger charge is -2.35. The zero-order chi connectivity index (χ0) is 22.5. The molecular formula is C24H23N3O4S. The summed E-state index contributed by atoms with van der Waals surface area (Å²) < 4.78 is 5.20. The minimum atomic E-state index is -0.242. The van der Waals surface area contributed by atoms with E-state index < -0.39 is 0 Å². The molecule has 8 heteroatoms. The van der Waals surface area contributed by atoms with E-state index in [9.17, 15) is 14.4 Å². The molecule has 3 amide bonds. The number of hydrogen-bond donors (Lipinski definition) is 1. The highest BCUT2D eigenvalue weighted by molar-refractivity contribution is 7.12. The van der Waals surface area contributed by atoms with E-state index in [2.05, 4.69) is 5.32 Å². The standard InChI is InChI=1S/C24H23N3O4S/c1-31-18-7-4-6-17(16-18)23(29)26-11-13-27(14-12-26)24(30)19-8-2-3-9-20(19)25-22(28)21-10-5-15-32-21/h2-10,15-16H,11-14H2,1H3,(H,25,28). The van der Waals surface area contributed by atoms with Gasteiger partial charge < -0.3 is 19.9 Å². The number of rotatable bonds is 5. The van der Waals surface area contributed by atoms with Crippen LogP contribution in [0.3, 0.4) is 0 Å². The van der Waals surface area contributed by atoms with Crippen molar-refractivity contribution >= 4 is 34.7 Å². The summed E-state index contributed by atoms with van der Waals surface area (Å²) in [6.07, 6.45) is 0. The summed E-state index contributed by atoms with van der Waals surface area (Å²) in [5, 5.41) is 4.67. The maximum absolute atomic E-state index is 13.2. The average molecular weight is 450 g/mol. The van der Waals surface area contributed by atoms with Gasteiger partial charge >= 0.3 is 0 Å². The Balaban J connectivity index is 1.41. The zero-order valence-corrected chi connectivity index (χ0v) is 18.4. The van der Waals surface area contributed by atoms with E-state index in [1.807, 2.05) is 11.4 Å². The second-order valence-corrected chi connectivity index (χ2v) is 8.24. The summed E-state index contributed by atoms with van der Waals surface area (Å²) in [4.78, 5) is 42.5. The Morgan fingerprint density at radius 2 is 1.59 bits per heavy atom.